The Balaban J connectivity index is 2.34. The average molecular weight is 298 g/mol. The second-order valence-corrected chi connectivity index (χ2v) is 7.31. The van der Waals surface area contributed by atoms with E-state index in [1.165, 1.54) is 23.0 Å². The van der Waals surface area contributed by atoms with E-state index < -0.39 is 10.0 Å². The Kier molecular flexibility index (Phi) is 4.62. The second-order valence-electron chi connectivity index (χ2n) is 5.34. The lowest BCUT2D eigenvalue weighted by Crippen LogP contribution is -2.42. The summed E-state index contributed by atoms with van der Waals surface area (Å²) in [6.07, 6.45) is 5.73. The number of nitrogen functional groups attached to an aromatic ring is 1. The van der Waals surface area contributed by atoms with Crippen LogP contribution in [0.15, 0.2) is 23.2 Å². The van der Waals surface area contributed by atoms with Gasteiger partial charge in [-0.25, -0.2) is 19.2 Å². The van der Waals surface area contributed by atoms with Gasteiger partial charge in [-0.3, -0.25) is 0 Å². The van der Waals surface area contributed by atoms with Crippen LogP contribution >= 0.6 is 0 Å². The molecule has 1 aliphatic carbocycles. The summed E-state index contributed by atoms with van der Waals surface area (Å²) in [6, 6.07) is 3.17. The second kappa shape index (κ2) is 6.07. The van der Waals surface area contributed by atoms with E-state index in [0.29, 0.717) is 5.92 Å². The first-order valence-corrected chi connectivity index (χ1v) is 8.32. The molecule has 112 valence electrons. The van der Waals surface area contributed by atoms with Gasteiger partial charge in [0.05, 0.1) is 0 Å². The van der Waals surface area contributed by atoms with Gasteiger partial charge in [-0.1, -0.05) is 19.8 Å². The zero-order valence-electron chi connectivity index (χ0n) is 11.9. The van der Waals surface area contributed by atoms with Crippen LogP contribution in [-0.4, -0.2) is 30.8 Å². The SMILES string of the molecule is CC1CCCCC1N(C)S(=O)(=O)c1cccnc1NN. The summed E-state index contributed by atoms with van der Waals surface area (Å²) >= 11 is 0. The van der Waals surface area contributed by atoms with Crippen LogP contribution in [0.2, 0.25) is 0 Å². The van der Waals surface area contributed by atoms with Crippen LogP contribution in [0.1, 0.15) is 32.6 Å². The number of pyridine rings is 1. The number of nitrogens with two attached hydrogens (primary N) is 1. The maximum absolute atomic E-state index is 12.7. The summed E-state index contributed by atoms with van der Waals surface area (Å²) in [5.41, 5.74) is 2.35. The van der Waals surface area contributed by atoms with E-state index in [1.54, 1.807) is 13.1 Å². The molecule has 0 aromatic carbocycles. The lowest BCUT2D eigenvalue weighted by atomic mass is 9.86. The summed E-state index contributed by atoms with van der Waals surface area (Å²) in [4.78, 5) is 4.10. The molecule has 0 bridgehead atoms. The van der Waals surface area contributed by atoms with Crippen LogP contribution in [0.5, 0.6) is 0 Å². The average Bonchev–Trinajstić information content (AvgIpc) is 2.47. The van der Waals surface area contributed by atoms with Crippen molar-refractivity contribution in [3.63, 3.8) is 0 Å². The van der Waals surface area contributed by atoms with Crippen molar-refractivity contribution in [2.45, 2.75) is 43.5 Å². The monoisotopic (exact) mass is 298 g/mol. The van der Waals surface area contributed by atoms with Gasteiger partial charge in [0.25, 0.3) is 0 Å². The summed E-state index contributed by atoms with van der Waals surface area (Å²) in [5.74, 6) is 5.91. The van der Waals surface area contributed by atoms with Crippen molar-refractivity contribution < 1.29 is 8.42 Å². The molecule has 1 aromatic heterocycles. The van der Waals surface area contributed by atoms with E-state index in [-0.39, 0.29) is 16.8 Å². The minimum Gasteiger partial charge on any atom is -0.307 e. The van der Waals surface area contributed by atoms with E-state index in [9.17, 15) is 8.42 Å². The van der Waals surface area contributed by atoms with Gasteiger partial charge >= 0.3 is 0 Å². The van der Waals surface area contributed by atoms with Crippen LogP contribution < -0.4 is 11.3 Å². The van der Waals surface area contributed by atoms with Gasteiger partial charge in [-0.2, -0.15) is 4.31 Å². The standard InChI is InChI=1S/C13H22N4O2S/c1-10-6-3-4-7-11(10)17(2)20(18,19)12-8-5-9-15-13(12)16-14/h5,8-11H,3-4,6-7,14H2,1-2H3,(H,15,16). The van der Waals surface area contributed by atoms with Gasteiger partial charge < -0.3 is 5.43 Å². The highest BCUT2D eigenvalue weighted by molar-refractivity contribution is 7.89. The molecule has 0 spiro atoms. The van der Waals surface area contributed by atoms with Crippen LogP contribution in [0.3, 0.4) is 0 Å². The number of hydrazine groups is 1. The third kappa shape index (κ3) is 2.79. The van der Waals surface area contributed by atoms with E-state index in [1.807, 2.05) is 0 Å². The molecule has 6 nitrogen and oxygen atoms in total. The molecular weight excluding hydrogens is 276 g/mol. The predicted octanol–water partition coefficient (Wildman–Crippen LogP) is 1.57. The number of nitrogens with zero attached hydrogens (tertiary/aromatic N) is 2. The Morgan fingerprint density at radius 1 is 1.40 bits per heavy atom. The first-order chi connectivity index (χ1) is 9.48. The summed E-state index contributed by atoms with van der Waals surface area (Å²) < 4.78 is 27.0. The summed E-state index contributed by atoms with van der Waals surface area (Å²) in [7, 11) is -1.94. The molecule has 1 saturated carbocycles. The number of aromatic nitrogens is 1. The fourth-order valence-electron chi connectivity index (χ4n) is 2.88. The molecule has 2 rings (SSSR count). The van der Waals surface area contributed by atoms with Gasteiger partial charge in [0, 0.05) is 19.3 Å². The first-order valence-electron chi connectivity index (χ1n) is 6.88. The van der Waals surface area contributed by atoms with Crippen molar-refractivity contribution in [1.82, 2.24) is 9.29 Å². The molecule has 7 heteroatoms. The van der Waals surface area contributed by atoms with Gasteiger partial charge in [-0.05, 0) is 30.9 Å². The molecule has 1 aromatic rings. The largest absolute Gasteiger partial charge is 0.307 e. The minimum atomic E-state index is -3.59. The van der Waals surface area contributed by atoms with Gasteiger partial charge in [0.2, 0.25) is 10.0 Å². The summed E-state index contributed by atoms with van der Waals surface area (Å²) in [5, 5.41) is 0. The number of hydrogen-bond acceptors (Lipinski definition) is 5. The zero-order valence-corrected chi connectivity index (χ0v) is 12.7. The zero-order chi connectivity index (χ0) is 14.8. The molecule has 3 N–H and O–H groups in total. The first kappa shape index (κ1) is 15.2. The molecular formula is C13H22N4O2S. The van der Waals surface area contributed by atoms with Gasteiger partial charge in [0.1, 0.15) is 4.90 Å². The normalized spacial score (nSPS) is 23.8. The van der Waals surface area contributed by atoms with Crippen LogP contribution in [0.25, 0.3) is 0 Å². The third-order valence-electron chi connectivity index (χ3n) is 4.10. The molecule has 1 heterocycles. The molecule has 1 aliphatic rings. The minimum absolute atomic E-state index is 0.0413. The maximum Gasteiger partial charge on any atom is 0.246 e. The van der Waals surface area contributed by atoms with E-state index >= 15 is 0 Å². The Morgan fingerprint density at radius 3 is 2.75 bits per heavy atom. The van der Waals surface area contributed by atoms with Crippen molar-refractivity contribution in [2.24, 2.45) is 11.8 Å². The van der Waals surface area contributed by atoms with E-state index in [0.717, 1.165) is 19.3 Å². The Bertz CT molecular complexity index is 561. The molecule has 20 heavy (non-hydrogen) atoms. The molecule has 0 aliphatic heterocycles. The number of anilines is 1. The lowest BCUT2D eigenvalue weighted by molar-refractivity contribution is 0.213. The molecule has 2 atom stereocenters. The fraction of sp³-hybridized carbons (Fsp3) is 0.615. The van der Waals surface area contributed by atoms with Crippen molar-refractivity contribution in [3.05, 3.63) is 18.3 Å². The smallest absolute Gasteiger partial charge is 0.246 e. The molecule has 1 fully saturated rings. The van der Waals surface area contributed by atoms with E-state index in [4.69, 9.17) is 5.84 Å². The predicted molar refractivity (Wildman–Crippen MR) is 78.4 cm³/mol. The van der Waals surface area contributed by atoms with Crippen LogP contribution in [0, 0.1) is 5.92 Å². The quantitative estimate of drug-likeness (QED) is 0.650. The molecule has 2 unspecified atom stereocenters. The third-order valence-corrected chi connectivity index (χ3v) is 6.01. The van der Waals surface area contributed by atoms with Crippen molar-refractivity contribution in [2.75, 3.05) is 12.5 Å². The summed E-state index contributed by atoms with van der Waals surface area (Å²) in [6.45, 7) is 2.11. The van der Waals surface area contributed by atoms with Crippen molar-refractivity contribution in [1.29, 1.82) is 0 Å². The topological polar surface area (TPSA) is 88.3 Å². The van der Waals surface area contributed by atoms with Crippen molar-refractivity contribution >= 4 is 15.8 Å². The maximum atomic E-state index is 12.7. The van der Waals surface area contributed by atoms with Crippen LogP contribution in [0.4, 0.5) is 5.82 Å². The van der Waals surface area contributed by atoms with Gasteiger partial charge in [-0.15, -0.1) is 0 Å². The highest BCUT2D eigenvalue weighted by atomic mass is 32.2. The highest BCUT2D eigenvalue weighted by Gasteiger charge is 2.34. The molecule has 0 saturated heterocycles. The van der Waals surface area contributed by atoms with Crippen molar-refractivity contribution in [3.8, 4) is 0 Å². The molecule has 0 radical (unpaired) electrons. The Morgan fingerprint density at radius 2 is 2.10 bits per heavy atom. The van der Waals surface area contributed by atoms with Crippen LogP contribution in [-0.2, 0) is 10.0 Å². The molecule has 0 amide bonds. The highest BCUT2D eigenvalue weighted by Crippen LogP contribution is 2.31. The van der Waals surface area contributed by atoms with Gasteiger partial charge in [0.15, 0.2) is 5.82 Å². The van der Waals surface area contributed by atoms with E-state index in [2.05, 4.69) is 17.3 Å². The fourth-order valence-corrected chi connectivity index (χ4v) is 4.46. The number of sulfonamides is 1. The number of nitrogens with one attached hydrogen (secondary N) is 1. The number of rotatable bonds is 4. The lowest BCUT2D eigenvalue weighted by Gasteiger charge is -2.35. The number of hydrogen-bond donors (Lipinski definition) is 2. The Labute approximate surface area is 120 Å². The Hall–Kier alpha value is -1.18.